The van der Waals surface area contributed by atoms with Gasteiger partial charge in [-0.05, 0) is 42.2 Å². The lowest BCUT2D eigenvalue weighted by Gasteiger charge is -2.38. The topological polar surface area (TPSA) is 128 Å². The number of aliphatic hydroxyl groups is 1. The number of nitrogens with one attached hydrogen (secondary N) is 1. The van der Waals surface area contributed by atoms with Crippen molar-refractivity contribution in [1.82, 2.24) is 29.5 Å². The smallest absolute Gasteiger partial charge is 0.407 e. The molecule has 5 aromatic rings. The average Bonchev–Trinajstić information content (AvgIpc) is 3.71. The minimum atomic E-state index is -2.73. The second-order valence-electron chi connectivity index (χ2n) is 11.7. The number of aryl methyl sites for hydroxylation is 1. The molecule has 2 aromatic carbocycles. The standard InChI is InChI=1S/C33H33ClF2N6O5/c1-40-30(22-6-4-21(5-7-22)16-37-32(44)47-18-27(35)36)28-29(39-40)31(43)42(20-38-28)19-33(45)10-12-41(13-11-33)17-24-9-8-23(15-25(24)34)26-3-2-14-46-26/h2-9,14-15,20,27,45H,10-13,16-19H2,1H3,(H,37,44). The molecule has 11 nitrogen and oxygen atoms in total. The molecule has 1 aliphatic rings. The molecule has 0 aliphatic carbocycles. The summed E-state index contributed by atoms with van der Waals surface area (Å²) in [6.07, 6.45) is 0.351. The van der Waals surface area contributed by atoms with Crippen molar-refractivity contribution in [2.24, 2.45) is 7.05 Å². The van der Waals surface area contributed by atoms with Gasteiger partial charge in [-0.25, -0.2) is 18.6 Å². The van der Waals surface area contributed by atoms with E-state index >= 15 is 0 Å². The van der Waals surface area contributed by atoms with Crippen molar-refractivity contribution in [3.8, 4) is 22.6 Å². The molecular formula is C33H33ClF2N6O5. The Morgan fingerprint density at radius 1 is 1.13 bits per heavy atom. The van der Waals surface area contributed by atoms with Crippen molar-refractivity contribution in [3.05, 3.63) is 93.7 Å². The summed E-state index contributed by atoms with van der Waals surface area (Å²) in [4.78, 5) is 31.9. The van der Waals surface area contributed by atoms with Crippen molar-refractivity contribution in [2.75, 3.05) is 19.7 Å². The number of carbonyl (C=O) groups excluding carboxylic acids is 1. The van der Waals surface area contributed by atoms with Crippen molar-refractivity contribution >= 4 is 28.7 Å². The zero-order chi connectivity index (χ0) is 33.1. The van der Waals surface area contributed by atoms with Gasteiger partial charge < -0.3 is 19.6 Å². The molecule has 2 N–H and O–H groups in total. The van der Waals surface area contributed by atoms with Gasteiger partial charge in [0.15, 0.2) is 12.1 Å². The first-order chi connectivity index (χ1) is 22.6. The molecule has 0 bridgehead atoms. The fourth-order valence-electron chi connectivity index (χ4n) is 5.79. The molecular weight excluding hydrogens is 634 g/mol. The Balaban J connectivity index is 1.09. The maximum Gasteiger partial charge on any atom is 0.407 e. The predicted molar refractivity (Wildman–Crippen MR) is 171 cm³/mol. The molecule has 246 valence electrons. The third kappa shape index (κ3) is 7.37. The van der Waals surface area contributed by atoms with Gasteiger partial charge in [0.05, 0.1) is 30.4 Å². The third-order valence-corrected chi connectivity index (χ3v) is 8.67. The first-order valence-electron chi connectivity index (χ1n) is 15.1. The number of hydrogen-bond acceptors (Lipinski definition) is 8. The van der Waals surface area contributed by atoms with Crippen LogP contribution in [0.3, 0.4) is 0 Å². The summed E-state index contributed by atoms with van der Waals surface area (Å²) in [6.45, 7) is 1.12. The van der Waals surface area contributed by atoms with Crippen LogP contribution in [-0.2, 0) is 31.4 Å². The van der Waals surface area contributed by atoms with E-state index in [9.17, 15) is 23.5 Å². The second-order valence-corrected chi connectivity index (χ2v) is 12.1. The number of rotatable bonds is 10. The van der Waals surface area contributed by atoms with Crippen LogP contribution in [0.15, 0.2) is 76.4 Å². The summed E-state index contributed by atoms with van der Waals surface area (Å²) < 4.78 is 37.3. The van der Waals surface area contributed by atoms with Gasteiger partial charge >= 0.3 is 6.09 Å². The summed E-state index contributed by atoms with van der Waals surface area (Å²) in [7, 11) is 1.72. The first-order valence-corrected chi connectivity index (χ1v) is 15.4. The molecule has 1 fully saturated rings. The highest BCUT2D eigenvalue weighted by atomic mass is 35.5. The number of amides is 1. The number of benzene rings is 2. The molecule has 0 atom stereocenters. The number of piperidine rings is 1. The molecule has 0 radical (unpaired) electrons. The molecule has 0 saturated carbocycles. The highest BCUT2D eigenvalue weighted by Gasteiger charge is 2.33. The third-order valence-electron chi connectivity index (χ3n) is 8.32. The van der Waals surface area contributed by atoms with Crippen LogP contribution in [0, 0.1) is 0 Å². The van der Waals surface area contributed by atoms with E-state index in [2.05, 4.69) is 25.0 Å². The average molecular weight is 667 g/mol. The van der Waals surface area contributed by atoms with E-state index < -0.39 is 24.7 Å². The van der Waals surface area contributed by atoms with E-state index in [-0.39, 0.29) is 24.2 Å². The fraction of sp³-hybridized carbons (Fsp3) is 0.333. The first kappa shape index (κ1) is 32.4. The summed E-state index contributed by atoms with van der Waals surface area (Å²) in [5.41, 5.74) is 3.16. The number of furan rings is 1. The molecule has 4 heterocycles. The lowest BCUT2D eigenvalue weighted by atomic mass is 9.91. The van der Waals surface area contributed by atoms with E-state index in [1.165, 1.54) is 10.9 Å². The van der Waals surface area contributed by atoms with Gasteiger partial charge in [-0.1, -0.05) is 48.0 Å². The Kier molecular flexibility index (Phi) is 9.39. The minimum Gasteiger partial charge on any atom is -0.464 e. The Hall–Kier alpha value is -4.59. The number of fused-ring (bicyclic) bond motifs is 1. The van der Waals surface area contributed by atoms with Gasteiger partial charge in [0, 0.05) is 49.4 Å². The van der Waals surface area contributed by atoms with Gasteiger partial charge in [0.2, 0.25) is 0 Å². The monoisotopic (exact) mass is 666 g/mol. The Morgan fingerprint density at radius 2 is 1.87 bits per heavy atom. The number of aromatic nitrogens is 4. The van der Waals surface area contributed by atoms with Crippen molar-refractivity contribution in [3.63, 3.8) is 0 Å². The normalized spacial score (nSPS) is 14.9. The Labute approximate surface area is 273 Å². The molecule has 14 heteroatoms. The van der Waals surface area contributed by atoms with E-state index in [0.29, 0.717) is 48.7 Å². The highest BCUT2D eigenvalue weighted by molar-refractivity contribution is 6.31. The minimum absolute atomic E-state index is 0.0888. The summed E-state index contributed by atoms with van der Waals surface area (Å²) in [6, 6.07) is 16.7. The molecule has 1 saturated heterocycles. The molecule has 1 amide bonds. The zero-order valence-electron chi connectivity index (χ0n) is 25.5. The van der Waals surface area contributed by atoms with Crippen LogP contribution < -0.4 is 10.9 Å². The molecule has 6 rings (SSSR count). The van der Waals surface area contributed by atoms with Crippen LogP contribution in [0.5, 0.6) is 0 Å². The zero-order valence-corrected chi connectivity index (χ0v) is 26.3. The van der Waals surface area contributed by atoms with Gasteiger partial charge in [-0.2, -0.15) is 5.10 Å². The molecule has 47 heavy (non-hydrogen) atoms. The van der Waals surface area contributed by atoms with Gasteiger partial charge in [0.25, 0.3) is 12.0 Å². The van der Waals surface area contributed by atoms with Gasteiger partial charge in [-0.15, -0.1) is 0 Å². The number of carbonyl (C=O) groups is 1. The summed E-state index contributed by atoms with van der Waals surface area (Å²) >= 11 is 6.59. The summed E-state index contributed by atoms with van der Waals surface area (Å²) in [5.74, 6) is 0.754. The lowest BCUT2D eigenvalue weighted by Crippen LogP contribution is -2.47. The molecule has 3 aromatic heterocycles. The number of alkyl halides is 2. The van der Waals surface area contributed by atoms with Crippen molar-refractivity contribution < 1.29 is 27.8 Å². The number of alkyl carbamates (subject to hydrolysis) is 1. The number of halogens is 3. The van der Waals surface area contributed by atoms with Crippen LogP contribution >= 0.6 is 11.6 Å². The van der Waals surface area contributed by atoms with Crippen LogP contribution in [0.25, 0.3) is 33.6 Å². The maximum atomic E-state index is 13.5. The van der Waals surface area contributed by atoms with Crippen LogP contribution in [0.1, 0.15) is 24.0 Å². The number of hydrogen-bond donors (Lipinski definition) is 2. The Morgan fingerprint density at radius 3 is 2.55 bits per heavy atom. The van der Waals surface area contributed by atoms with E-state index in [1.807, 2.05) is 30.3 Å². The second kappa shape index (κ2) is 13.6. The van der Waals surface area contributed by atoms with E-state index in [0.717, 1.165) is 28.0 Å². The fourth-order valence-corrected chi connectivity index (χ4v) is 6.03. The molecule has 0 unspecified atom stereocenters. The van der Waals surface area contributed by atoms with Crippen LogP contribution in [0.4, 0.5) is 13.6 Å². The molecule has 1 aliphatic heterocycles. The van der Waals surface area contributed by atoms with E-state index in [4.69, 9.17) is 16.0 Å². The quantitative estimate of drug-likeness (QED) is 0.208. The largest absolute Gasteiger partial charge is 0.464 e. The van der Waals surface area contributed by atoms with Gasteiger partial charge in [0.1, 0.15) is 11.3 Å². The highest BCUT2D eigenvalue weighted by Crippen LogP contribution is 2.30. The number of likely N-dealkylation sites (tertiary alicyclic amines) is 1. The SMILES string of the molecule is Cn1nc2c(=O)n(CC3(O)CCN(Cc4ccc(-c5ccco5)cc4Cl)CC3)cnc2c1-c1ccc(CNC(=O)OCC(F)F)cc1. The summed E-state index contributed by atoms with van der Waals surface area (Å²) in [5, 5.41) is 19.0. The van der Waals surface area contributed by atoms with Crippen molar-refractivity contribution in [2.45, 2.75) is 44.5 Å². The van der Waals surface area contributed by atoms with Crippen LogP contribution in [-0.4, -0.2) is 67.2 Å². The van der Waals surface area contributed by atoms with Gasteiger partial charge in [-0.3, -0.25) is 18.9 Å². The van der Waals surface area contributed by atoms with Crippen LogP contribution in [0.2, 0.25) is 5.02 Å². The van der Waals surface area contributed by atoms with E-state index in [1.54, 1.807) is 42.3 Å². The van der Waals surface area contributed by atoms with Crippen molar-refractivity contribution in [1.29, 1.82) is 0 Å². The lowest BCUT2D eigenvalue weighted by molar-refractivity contribution is -0.0364. The number of ether oxygens (including phenoxy) is 1. The maximum absolute atomic E-state index is 13.5. The number of nitrogens with zero attached hydrogens (tertiary/aromatic N) is 5. The predicted octanol–water partition coefficient (Wildman–Crippen LogP) is 5.23. The molecule has 0 spiro atoms. The Bertz CT molecular complexity index is 1920.